The van der Waals surface area contributed by atoms with E-state index in [-0.39, 0.29) is 0 Å². The highest BCUT2D eigenvalue weighted by Crippen LogP contribution is 2.34. The lowest BCUT2D eigenvalue weighted by Crippen LogP contribution is -2.32. The number of hydrogen-bond donors (Lipinski definition) is 2. The van der Waals surface area contributed by atoms with Crippen molar-refractivity contribution < 1.29 is 9.53 Å². The van der Waals surface area contributed by atoms with Crippen LogP contribution in [0.1, 0.15) is 57.1 Å². The third-order valence-corrected chi connectivity index (χ3v) is 4.36. The van der Waals surface area contributed by atoms with Gasteiger partial charge in [0.05, 0.1) is 11.4 Å². The first kappa shape index (κ1) is 21.7. The molecule has 28 heavy (non-hydrogen) atoms. The second-order valence-corrected chi connectivity index (χ2v) is 8.73. The van der Waals surface area contributed by atoms with E-state index in [1.54, 1.807) is 0 Å². The number of anilines is 1. The number of nitrogens with two attached hydrogens (primary N) is 1. The van der Waals surface area contributed by atoms with Gasteiger partial charge in [-0.05, 0) is 52.5 Å². The molecule has 1 amide bonds. The van der Waals surface area contributed by atoms with E-state index >= 15 is 0 Å². The summed E-state index contributed by atoms with van der Waals surface area (Å²) in [6.45, 7) is 14.2. The fraction of sp³-hybridized carbons (Fsp3) is 0.478. The molecule has 0 atom stereocenters. The summed E-state index contributed by atoms with van der Waals surface area (Å²) in [5.74, 6) is 0.432. The fourth-order valence-electron chi connectivity index (χ4n) is 3.09. The van der Waals surface area contributed by atoms with Gasteiger partial charge in [-0.3, -0.25) is 4.98 Å². The van der Waals surface area contributed by atoms with E-state index in [0.717, 1.165) is 34.5 Å². The lowest BCUT2D eigenvalue weighted by atomic mass is 9.92. The minimum Gasteiger partial charge on any atom is -0.444 e. The maximum absolute atomic E-state index is 12.2. The number of amides is 1. The molecule has 0 saturated carbocycles. The van der Waals surface area contributed by atoms with E-state index in [1.165, 1.54) is 5.56 Å². The van der Waals surface area contributed by atoms with Gasteiger partial charge in [0.25, 0.3) is 0 Å². The van der Waals surface area contributed by atoms with E-state index in [0.29, 0.717) is 18.2 Å². The zero-order valence-electron chi connectivity index (χ0n) is 18.1. The van der Waals surface area contributed by atoms with Crippen molar-refractivity contribution in [3.05, 3.63) is 46.8 Å². The fourth-order valence-corrected chi connectivity index (χ4v) is 3.09. The number of nitrogens with zero attached hydrogens (tertiary/aromatic N) is 1. The summed E-state index contributed by atoms with van der Waals surface area (Å²) in [5.41, 5.74) is 12.4. The van der Waals surface area contributed by atoms with Gasteiger partial charge < -0.3 is 15.8 Å². The SMILES string of the molecule is Cc1ccc(-c2c(N)c(C)nc(CC(C)C)c2CNC(=O)OC(C)(C)C)cc1. The molecule has 0 unspecified atom stereocenters. The molecule has 0 spiro atoms. The Kier molecular flexibility index (Phi) is 6.70. The van der Waals surface area contributed by atoms with Gasteiger partial charge in [-0.25, -0.2) is 4.79 Å². The highest BCUT2D eigenvalue weighted by Gasteiger charge is 2.21. The van der Waals surface area contributed by atoms with Crippen molar-refractivity contribution in [2.75, 3.05) is 5.73 Å². The number of rotatable bonds is 5. The monoisotopic (exact) mass is 383 g/mol. The molecule has 0 fully saturated rings. The predicted molar refractivity (Wildman–Crippen MR) is 115 cm³/mol. The van der Waals surface area contributed by atoms with Crippen molar-refractivity contribution in [2.45, 2.75) is 67.0 Å². The van der Waals surface area contributed by atoms with Crippen LogP contribution in [0.25, 0.3) is 11.1 Å². The minimum absolute atomic E-state index is 0.317. The molecule has 0 aliphatic rings. The maximum Gasteiger partial charge on any atom is 0.407 e. The van der Waals surface area contributed by atoms with Crippen molar-refractivity contribution in [1.29, 1.82) is 0 Å². The van der Waals surface area contributed by atoms with Crippen LogP contribution in [0.3, 0.4) is 0 Å². The third kappa shape index (κ3) is 5.72. The van der Waals surface area contributed by atoms with Gasteiger partial charge in [0.1, 0.15) is 5.60 Å². The topological polar surface area (TPSA) is 77.2 Å². The molecule has 0 aliphatic heterocycles. The van der Waals surface area contributed by atoms with Crippen molar-refractivity contribution in [2.24, 2.45) is 5.92 Å². The van der Waals surface area contributed by atoms with Gasteiger partial charge in [0.2, 0.25) is 0 Å². The van der Waals surface area contributed by atoms with Crippen molar-refractivity contribution >= 4 is 11.8 Å². The van der Waals surface area contributed by atoms with E-state index in [4.69, 9.17) is 15.5 Å². The normalized spacial score (nSPS) is 11.6. The second kappa shape index (κ2) is 8.63. The largest absolute Gasteiger partial charge is 0.444 e. The van der Waals surface area contributed by atoms with E-state index < -0.39 is 11.7 Å². The summed E-state index contributed by atoms with van der Waals surface area (Å²) in [6, 6.07) is 8.27. The molecule has 0 bridgehead atoms. The molecular formula is C23H33N3O2. The molecule has 1 aromatic heterocycles. The minimum atomic E-state index is -0.546. The first-order chi connectivity index (χ1) is 13.0. The quantitative estimate of drug-likeness (QED) is 0.746. The van der Waals surface area contributed by atoms with Gasteiger partial charge in [-0.1, -0.05) is 43.7 Å². The van der Waals surface area contributed by atoms with Gasteiger partial charge in [0, 0.05) is 23.4 Å². The van der Waals surface area contributed by atoms with Crippen LogP contribution >= 0.6 is 0 Å². The van der Waals surface area contributed by atoms with Crippen LogP contribution in [0.15, 0.2) is 24.3 Å². The van der Waals surface area contributed by atoms with E-state index in [9.17, 15) is 4.79 Å². The number of aryl methyl sites for hydroxylation is 2. The van der Waals surface area contributed by atoms with Crippen LogP contribution in [-0.4, -0.2) is 16.7 Å². The second-order valence-electron chi connectivity index (χ2n) is 8.73. The zero-order valence-corrected chi connectivity index (χ0v) is 18.1. The number of nitrogens with one attached hydrogen (secondary N) is 1. The molecule has 5 nitrogen and oxygen atoms in total. The number of alkyl carbamates (subject to hydrolysis) is 1. The number of carbonyl (C=O) groups excluding carboxylic acids is 1. The standard InChI is InChI=1S/C23H33N3O2/c1-14(2)12-19-18(13-25-22(27)28-23(5,6)7)20(21(24)16(4)26-19)17-10-8-15(3)9-11-17/h8-11,14H,12-13,24H2,1-7H3,(H,25,27). The molecule has 2 aromatic rings. The van der Waals surface area contributed by atoms with Crippen molar-refractivity contribution in [3.8, 4) is 11.1 Å². The number of benzene rings is 1. The lowest BCUT2D eigenvalue weighted by Gasteiger charge is -2.22. The average Bonchev–Trinajstić information content (AvgIpc) is 2.55. The van der Waals surface area contributed by atoms with E-state index in [2.05, 4.69) is 50.4 Å². The Hall–Kier alpha value is -2.56. The highest BCUT2D eigenvalue weighted by molar-refractivity contribution is 5.82. The van der Waals surface area contributed by atoms with Crippen LogP contribution in [0, 0.1) is 19.8 Å². The first-order valence-corrected chi connectivity index (χ1v) is 9.79. The summed E-state index contributed by atoms with van der Waals surface area (Å²) >= 11 is 0. The van der Waals surface area contributed by atoms with Crippen molar-refractivity contribution in [1.82, 2.24) is 10.3 Å². The number of nitrogen functional groups attached to an aromatic ring is 1. The number of ether oxygens (including phenoxy) is 1. The number of hydrogen-bond acceptors (Lipinski definition) is 4. The van der Waals surface area contributed by atoms with Crippen LogP contribution in [0.5, 0.6) is 0 Å². The third-order valence-electron chi connectivity index (χ3n) is 4.36. The average molecular weight is 384 g/mol. The Labute approximate surface area is 168 Å². The van der Waals surface area contributed by atoms with Crippen LogP contribution in [0.4, 0.5) is 10.5 Å². The van der Waals surface area contributed by atoms with Crippen LogP contribution in [0.2, 0.25) is 0 Å². The number of aromatic nitrogens is 1. The van der Waals surface area contributed by atoms with Crippen LogP contribution in [-0.2, 0) is 17.7 Å². The molecule has 1 heterocycles. The summed E-state index contributed by atoms with van der Waals surface area (Å²) in [6.07, 6.45) is 0.364. The number of carbonyl (C=O) groups is 1. The summed E-state index contributed by atoms with van der Waals surface area (Å²) in [5, 5.41) is 2.88. The molecule has 1 aromatic carbocycles. The molecule has 152 valence electrons. The maximum atomic E-state index is 12.2. The molecular weight excluding hydrogens is 350 g/mol. The lowest BCUT2D eigenvalue weighted by molar-refractivity contribution is 0.0523. The molecule has 0 radical (unpaired) electrons. The predicted octanol–water partition coefficient (Wildman–Crippen LogP) is 5.17. The zero-order chi connectivity index (χ0) is 21.1. The summed E-state index contributed by atoms with van der Waals surface area (Å²) in [7, 11) is 0. The Morgan fingerprint density at radius 3 is 2.32 bits per heavy atom. The Morgan fingerprint density at radius 2 is 1.79 bits per heavy atom. The molecule has 3 N–H and O–H groups in total. The summed E-state index contributed by atoms with van der Waals surface area (Å²) < 4.78 is 5.39. The highest BCUT2D eigenvalue weighted by atomic mass is 16.6. The Morgan fingerprint density at radius 1 is 1.18 bits per heavy atom. The number of pyridine rings is 1. The van der Waals surface area contributed by atoms with Crippen LogP contribution < -0.4 is 11.1 Å². The smallest absolute Gasteiger partial charge is 0.407 e. The molecule has 0 aliphatic carbocycles. The summed E-state index contributed by atoms with van der Waals surface area (Å²) in [4.78, 5) is 17.0. The Bertz CT molecular complexity index is 834. The van der Waals surface area contributed by atoms with Crippen molar-refractivity contribution in [3.63, 3.8) is 0 Å². The Balaban J connectivity index is 2.50. The van der Waals surface area contributed by atoms with Gasteiger partial charge in [-0.2, -0.15) is 0 Å². The molecule has 2 rings (SSSR count). The van der Waals surface area contributed by atoms with E-state index in [1.807, 2.05) is 27.7 Å². The van der Waals surface area contributed by atoms with Gasteiger partial charge in [0.15, 0.2) is 0 Å². The molecule has 0 saturated heterocycles. The first-order valence-electron chi connectivity index (χ1n) is 9.79. The van der Waals surface area contributed by atoms with Gasteiger partial charge in [-0.15, -0.1) is 0 Å². The molecule has 5 heteroatoms. The van der Waals surface area contributed by atoms with Gasteiger partial charge >= 0.3 is 6.09 Å².